The van der Waals surface area contributed by atoms with Crippen LogP contribution in [0.4, 0.5) is 18.9 Å². The number of alkyl halides is 3. The van der Waals surface area contributed by atoms with Crippen molar-refractivity contribution in [1.82, 2.24) is 5.32 Å². The third-order valence-electron chi connectivity index (χ3n) is 3.25. The minimum absolute atomic E-state index is 0.114. The first-order valence-corrected chi connectivity index (χ1v) is 7.51. The summed E-state index contributed by atoms with van der Waals surface area (Å²) in [7, 11) is 0. The maximum absolute atomic E-state index is 12.0. The average Bonchev–Trinajstić information content (AvgIpc) is 2.46. The number of rotatable bonds is 5. The molecule has 0 saturated heterocycles. The molecule has 0 aromatic heterocycles. The van der Waals surface area contributed by atoms with Crippen molar-refractivity contribution in [2.45, 2.75) is 39.7 Å². The smallest absolute Gasteiger partial charge is 0.406 e. The molecule has 0 heterocycles. The van der Waals surface area contributed by atoms with Crippen molar-refractivity contribution in [1.29, 1.82) is 0 Å². The summed E-state index contributed by atoms with van der Waals surface area (Å²) in [5.74, 6) is -2.31. The second-order valence-electron chi connectivity index (χ2n) is 6.45. The first-order valence-electron chi connectivity index (χ1n) is 7.51. The number of hydrogen-bond acceptors (Lipinski definition) is 4. The topological polar surface area (TPSA) is 87.7 Å². The summed E-state index contributed by atoms with van der Waals surface area (Å²) in [4.78, 5) is 23.4. The number of hydrogen-bond donors (Lipinski definition) is 3. The lowest BCUT2D eigenvalue weighted by atomic mass is 9.87. The van der Waals surface area contributed by atoms with E-state index in [2.05, 4.69) is 15.4 Å². The summed E-state index contributed by atoms with van der Waals surface area (Å²) in [5.41, 5.74) is -0.197. The molecule has 1 aromatic rings. The van der Waals surface area contributed by atoms with Crippen LogP contribution in [-0.2, 0) is 9.59 Å². The molecule has 0 aliphatic rings. The zero-order valence-electron chi connectivity index (χ0n) is 14.1. The third kappa shape index (κ3) is 7.88. The fraction of sp³-hybridized carbons (Fsp3) is 0.500. The molecule has 2 amide bonds. The number of carbonyl (C=O) groups is 2. The van der Waals surface area contributed by atoms with Crippen LogP contribution in [0.2, 0.25) is 0 Å². The Morgan fingerprint density at radius 3 is 2.16 bits per heavy atom. The van der Waals surface area contributed by atoms with Crippen molar-refractivity contribution < 1.29 is 32.6 Å². The maximum Gasteiger partial charge on any atom is 0.573 e. The standard InChI is InChI=1S/C16H21F3N2O4/c1-15(2,3)12(22)8-9-20-13(23)14(24)21-10-4-6-11(7-5-10)25-16(17,18)19/h4-7,12,22H,8-9H2,1-3H3,(H,20,23)(H,21,24). The van der Waals surface area contributed by atoms with Gasteiger partial charge in [0.2, 0.25) is 0 Å². The molecule has 0 fully saturated rings. The van der Waals surface area contributed by atoms with Crippen LogP contribution in [0.25, 0.3) is 0 Å². The van der Waals surface area contributed by atoms with E-state index in [1.165, 1.54) is 12.1 Å². The quantitative estimate of drug-likeness (QED) is 0.702. The molecule has 0 radical (unpaired) electrons. The largest absolute Gasteiger partial charge is 0.573 e. The molecule has 1 rings (SSSR count). The number of amides is 2. The predicted molar refractivity (Wildman–Crippen MR) is 84.8 cm³/mol. The summed E-state index contributed by atoms with van der Waals surface area (Å²) >= 11 is 0. The Kier molecular flexibility index (Phi) is 6.80. The van der Waals surface area contributed by atoms with E-state index in [4.69, 9.17) is 0 Å². The SMILES string of the molecule is CC(C)(C)C(O)CCNC(=O)C(=O)Nc1ccc(OC(F)(F)F)cc1. The lowest BCUT2D eigenvalue weighted by Crippen LogP contribution is -2.38. The molecular formula is C16H21F3N2O4. The predicted octanol–water partition coefficient (Wildman–Crippen LogP) is 2.44. The van der Waals surface area contributed by atoms with E-state index in [9.17, 15) is 27.9 Å². The fourth-order valence-corrected chi connectivity index (χ4v) is 1.76. The van der Waals surface area contributed by atoms with Crippen LogP contribution >= 0.6 is 0 Å². The van der Waals surface area contributed by atoms with Crippen LogP contribution in [0.15, 0.2) is 24.3 Å². The Hall–Kier alpha value is -2.29. The highest BCUT2D eigenvalue weighted by Crippen LogP contribution is 2.24. The number of halogens is 3. The van der Waals surface area contributed by atoms with Gasteiger partial charge in [-0.2, -0.15) is 0 Å². The molecule has 0 aliphatic carbocycles. The number of aliphatic hydroxyl groups is 1. The first kappa shape index (κ1) is 20.8. The van der Waals surface area contributed by atoms with Gasteiger partial charge in [-0.05, 0) is 36.1 Å². The van der Waals surface area contributed by atoms with Crippen molar-refractivity contribution in [2.75, 3.05) is 11.9 Å². The molecule has 0 saturated carbocycles. The van der Waals surface area contributed by atoms with Crippen LogP contribution in [0.3, 0.4) is 0 Å². The van der Waals surface area contributed by atoms with Gasteiger partial charge in [0.05, 0.1) is 6.10 Å². The van der Waals surface area contributed by atoms with Gasteiger partial charge in [0, 0.05) is 12.2 Å². The zero-order valence-corrected chi connectivity index (χ0v) is 14.1. The van der Waals surface area contributed by atoms with Gasteiger partial charge in [-0.25, -0.2) is 0 Å². The first-order chi connectivity index (χ1) is 11.4. The second kappa shape index (κ2) is 8.19. The number of carbonyl (C=O) groups excluding carboxylic acids is 2. The summed E-state index contributed by atoms with van der Waals surface area (Å²) in [6.07, 6.45) is -5.16. The molecule has 1 unspecified atom stereocenters. The van der Waals surface area contributed by atoms with E-state index in [0.29, 0.717) is 0 Å². The molecule has 6 nitrogen and oxygen atoms in total. The number of nitrogens with one attached hydrogen (secondary N) is 2. The third-order valence-corrected chi connectivity index (χ3v) is 3.25. The lowest BCUT2D eigenvalue weighted by Gasteiger charge is -2.25. The fourth-order valence-electron chi connectivity index (χ4n) is 1.76. The van der Waals surface area contributed by atoms with Gasteiger partial charge in [0.25, 0.3) is 0 Å². The van der Waals surface area contributed by atoms with E-state index in [-0.39, 0.29) is 24.1 Å². The van der Waals surface area contributed by atoms with Crippen LogP contribution in [0, 0.1) is 5.41 Å². The number of aliphatic hydroxyl groups excluding tert-OH is 1. The Labute approximate surface area is 143 Å². The molecule has 25 heavy (non-hydrogen) atoms. The normalized spacial score (nSPS) is 13.1. The van der Waals surface area contributed by atoms with Gasteiger partial charge in [0.1, 0.15) is 5.75 Å². The van der Waals surface area contributed by atoms with Crippen molar-refractivity contribution >= 4 is 17.5 Å². The van der Waals surface area contributed by atoms with Gasteiger partial charge in [-0.15, -0.1) is 13.2 Å². The number of ether oxygens (including phenoxy) is 1. The van der Waals surface area contributed by atoms with Gasteiger partial charge < -0.3 is 20.5 Å². The van der Waals surface area contributed by atoms with Crippen molar-refractivity contribution in [3.05, 3.63) is 24.3 Å². The molecule has 0 spiro atoms. The van der Waals surface area contributed by atoms with Gasteiger partial charge in [-0.1, -0.05) is 20.8 Å². The lowest BCUT2D eigenvalue weighted by molar-refractivity contribution is -0.274. The molecule has 140 valence electrons. The Balaban J connectivity index is 2.46. The van der Waals surface area contributed by atoms with Gasteiger partial charge in [0.15, 0.2) is 0 Å². The zero-order chi connectivity index (χ0) is 19.3. The minimum atomic E-state index is -4.80. The van der Waals surface area contributed by atoms with Gasteiger partial charge >= 0.3 is 18.2 Å². The highest BCUT2D eigenvalue weighted by molar-refractivity contribution is 6.39. The Morgan fingerprint density at radius 1 is 1.12 bits per heavy atom. The maximum atomic E-state index is 12.0. The van der Waals surface area contributed by atoms with E-state index in [1.54, 1.807) is 0 Å². The molecule has 0 bridgehead atoms. The van der Waals surface area contributed by atoms with E-state index in [1.807, 2.05) is 20.8 Å². The average molecular weight is 362 g/mol. The van der Waals surface area contributed by atoms with Crippen molar-refractivity contribution in [3.63, 3.8) is 0 Å². The van der Waals surface area contributed by atoms with E-state index < -0.39 is 30.0 Å². The van der Waals surface area contributed by atoms with Crippen LogP contribution < -0.4 is 15.4 Å². The Bertz CT molecular complexity index is 595. The van der Waals surface area contributed by atoms with Crippen LogP contribution in [0.1, 0.15) is 27.2 Å². The molecule has 0 aliphatic heterocycles. The second-order valence-corrected chi connectivity index (χ2v) is 6.45. The monoisotopic (exact) mass is 362 g/mol. The summed E-state index contributed by atoms with van der Waals surface area (Å²) in [6.45, 7) is 5.65. The van der Waals surface area contributed by atoms with Crippen molar-refractivity contribution in [2.24, 2.45) is 5.41 Å². The molecule has 9 heteroatoms. The van der Waals surface area contributed by atoms with Crippen molar-refractivity contribution in [3.8, 4) is 5.75 Å². The van der Waals surface area contributed by atoms with Gasteiger partial charge in [-0.3, -0.25) is 9.59 Å². The molecule has 3 N–H and O–H groups in total. The van der Waals surface area contributed by atoms with E-state index in [0.717, 1.165) is 12.1 Å². The van der Waals surface area contributed by atoms with Crippen LogP contribution in [0.5, 0.6) is 5.75 Å². The minimum Gasteiger partial charge on any atom is -0.406 e. The summed E-state index contributed by atoms with van der Waals surface area (Å²) in [5, 5.41) is 14.4. The van der Waals surface area contributed by atoms with Crippen LogP contribution in [-0.4, -0.2) is 35.9 Å². The molecule has 1 atom stereocenters. The number of anilines is 1. The van der Waals surface area contributed by atoms with E-state index >= 15 is 0 Å². The Morgan fingerprint density at radius 2 is 1.68 bits per heavy atom. The molecule has 1 aromatic carbocycles. The number of benzene rings is 1. The summed E-state index contributed by atoms with van der Waals surface area (Å²) < 4.78 is 39.8. The molecular weight excluding hydrogens is 341 g/mol. The highest BCUT2D eigenvalue weighted by atomic mass is 19.4. The summed E-state index contributed by atoms with van der Waals surface area (Å²) in [6, 6.07) is 4.38. The highest BCUT2D eigenvalue weighted by Gasteiger charge is 2.31.